The van der Waals surface area contributed by atoms with E-state index in [1.54, 1.807) is 6.08 Å². The van der Waals surface area contributed by atoms with Gasteiger partial charge in [0, 0.05) is 23.9 Å². The number of allylic oxidation sites excluding steroid dienone is 1. The minimum absolute atomic E-state index is 0.252. The number of hydrogen-bond donors (Lipinski definition) is 2. The van der Waals surface area contributed by atoms with Crippen molar-refractivity contribution in [2.45, 2.75) is 50.6 Å². The SMILES string of the molecule is C=CCCC(O)C(CC1CC1)C(=O)NC1CN(C)c2ccccc2C(c2ccc(C(F)(F)F)cc2)=N1. The van der Waals surface area contributed by atoms with Crippen molar-refractivity contribution in [2.75, 3.05) is 18.5 Å². The lowest BCUT2D eigenvalue weighted by molar-refractivity contribution is -0.137. The molecule has 2 aromatic rings. The number of carbonyl (C=O) groups is 1. The fourth-order valence-electron chi connectivity index (χ4n) is 4.67. The summed E-state index contributed by atoms with van der Waals surface area (Å²) >= 11 is 0. The van der Waals surface area contributed by atoms with Crippen LogP contribution in [-0.2, 0) is 11.0 Å². The van der Waals surface area contributed by atoms with Gasteiger partial charge in [0.1, 0.15) is 6.17 Å². The zero-order valence-corrected chi connectivity index (χ0v) is 20.3. The summed E-state index contributed by atoms with van der Waals surface area (Å²) in [5.41, 5.74) is 1.96. The molecule has 1 aliphatic carbocycles. The number of fused-ring (bicyclic) bond motifs is 1. The Balaban J connectivity index is 1.64. The van der Waals surface area contributed by atoms with E-state index in [0.717, 1.165) is 36.2 Å². The second-order valence-electron chi connectivity index (χ2n) is 9.69. The van der Waals surface area contributed by atoms with Crippen LogP contribution in [0.5, 0.6) is 0 Å². The van der Waals surface area contributed by atoms with Crippen molar-refractivity contribution in [2.24, 2.45) is 16.8 Å². The third-order valence-corrected chi connectivity index (χ3v) is 6.85. The van der Waals surface area contributed by atoms with Gasteiger partial charge in [0.2, 0.25) is 5.91 Å². The van der Waals surface area contributed by atoms with E-state index >= 15 is 0 Å². The number of carbonyl (C=O) groups excluding carboxylic acids is 1. The van der Waals surface area contributed by atoms with E-state index in [-0.39, 0.29) is 5.91 Å². The normalized spacial score (nSPS) is 19.5. The summed E-state index contributed by atoms with van der Waals surface area (Å²) < 4.78 is 39.4. The highest BCUT2D eigenvalue weighted by molar-refractivity contribution is 6.16. The number of rotatable bonds is 9. The third-order valence-electron chi connectivity index (χ3n) is 6.85. The molecule has 2 aromatic carbocycles. The maximum Gasteiger partial charge on any atom is 0.416 e. The van der Waals surface area contributed by atoms with Crippen LogP contribution in [0.15, 0.2) is 66.2 Å². The van der Waals surface area contributed by atoms with Crippen LogP contribution in [0.25, 0.3) is 0 Å². The standard InChI is InChI=1S/C28H32F3N3O2/c1-3-4-9-24(35)22(16-18-10-11-18)27(36)33-25-17-34(2)23-8-6-5-7-21(23)26(32-25)19-12-14-20(15-13-19)28(29,30)31/h3,5-8,12-15,18,22,24-25,35H,1,4,9-11,16-17H2,2H3,(H,33,36). The van der Waals surface area contributed by atoms with Crippen molar-refractivity contribution in [3.63, 3.8) is 0 Å². The number of nitrogens with one attached hydrogen (secondary N) is 1. The summed E-state index contributed by atoms with van der Waals surface area (Å²) in [7, 11) is 1.89. The number of aliphatic hydroxyl groups is 1. The van der Waals surface area contributed by atoms with Crippen LogP contribution >= 0.6 is 0 Å². The Kier molecular flexibility index (Phi) is 7.83. The number of amides is 1. The van der Waals surface area contributed by atoms with Gasteiger partial charge in [0.05, 0.1) is 29.8 Å². The average molecular weight is 500 g/mol. The minimum Gasteiger partial charge on any atom is -0.392 e. The van der Waals surface area contributed by atoms with Crippen LogP contribution in [0.2, 0.25) is 0 Å². The number of alkyl halides is 3. The average Bonchev–Trinajstić information content (AvgIpc) is 3.68. The first kappa shape index (κ1) is 25.9. The lowest BCUT2D eigenvalue weighted by Crippen LogP contribution is -2.46. The van der Waals surface area contributed by atoms with Crippen LogP contribution < -0.4 is 10.2 Å². The molecule has 0 bridgehead atoms. The fraction of sp³-hybridized carbons (Fsp3) is 0.429. The summed E-state index contributed by atoms with van der Waals surface area (Å²) in [5, 5.41) is 13.8. The molecule has 0 radical (unpaired) electrons. The second-order valence-corrected chi connectivity index (χ2v) is 9.69. The Morgan fingerprint density at radius 1 is 1.22 bits per heavy atom. The van der Waals surface area contributed by atoms with Gasteiger partial charge in [-0.3, -0.25) is 9.79 Å². The summed E-state index contributed by atoms with van der Waals surface area (Å²) in [6, 6.07) is 12.5. The minimum atomic E-state index is -4.43. The van der Waals surface area contributed by atoms with Gasteiger partial charge >= 0.3 is 6.18 Å². The number of likely N-dealkylation sites (N-methyl/N-ethyl adjacent to an activating group) is 1. The fourth-order valence-corrected chi connectivity index (χ4v) is 4.67. The summed E-state index contributed by atoms with van der Waals surface area (Å²) in [5.74, 6) is -0.345. The van der Waals surface area contributed by atoms with Crippen molar-refractivity contribution in [3.05, 3.63) is 77.9 Å². The Morgan fingerprint density at radius 3 is 2.56 bits per heavy atom. The number of halogens is 3. The number of nitrogens with zero attached hydrogens (tertiary/aromatic N) is 2. The molecule has 0 spiro atoms. The van der Waals surface area contributed by atoms with E-state index in [0.29, 0.717) is 43.0 Å². The first-order valence-electron chi connectivity index (χ1n) is 12.3. The van der Waals surface area contributed by atoms with Gasteiger partial charge < -0.3 is 15.3 Å². The molecule has 1 saturated carbocycles. The molecule has 2 aliphatic rings. The molecule has 0 aromatic heterocycles. The van der Waals surface area contributed by atoms with E-state index in [1.807, 2.05) is 36.2 Å². The maximum absolute atomic E-state index is 13.4. The van der Waals surface area contributed by atoms with Gasteiger partial charge in [-0.2, -0.15) is 13.2 Å². The molecule has 4 rings (SSSR count). The number of aliphatic imine (C=N–C) groups is 1. The predicted molar refractivity (Wildman–Crippen MR) is 135 cm³/mol. The van der Waals surface area contributed by atoms with Crippen LogP contribution in [0.3, 0.4) is 0 Å². The molecule has 36 heavy (non-hydrogen) atoms. The van der Waals surface area contributed by atoms with Crippen LogP contribution in [0.1, 0.15) is 48.8 Å². The van der Waals surface area contributed by atoms with Crippen molar-refractivity contribution < 1.29 is 23.1 Å². The number of aliphatic hydroxyl groups excluding tert-OH is 1. The van der Waals surface area contributed by atoms with E-state index in [2.05, 4.69) is 11.9 Å². The van der Waals surface area contributed by atoms with E-state index < -0.39 is 29.9 Å². The molecule has 1 aliphatic heterocycles. The smallest absolute Gasteiger partial charge is 0.392 e. The molecule has 3 unspecified atom stereocenters. The largest absolute Gasteiger partial charge is 0.416 e. The predicted octanol–water partition coefficient (Wildman–Crippen LogP) is 5.18. The highest BCUT2D eigenvalue weighted by Crippen LogP contribution is 2.37. The number of para-hydroxylation sites is 1. The molecular weight excluding hydrogens is 467 g/mol. The zero-order chi connectivity index (χ0) is 25.9. The lowest BCUT2D eigenvalue weighted by atomic mass is 9.92. The highest BCUT2D eigenvalue weighted by atomic mass is 19.4. The highest BCUT2D eigenvalue weighted by Gasteiger charge is 2.35. The van der Waals surface area contributed by atoms with Crippen molar-refractivity contribution in [1.82, 2.24) is 5.32 Å². The number of benzodiazepines with no additional fused rings is 1. The van der Waals surface area contributed by atoms with Crippen molar-refractivity contribution in [1.29, 1.82) is 0 Å². The first-order chi connectivity index (χ1) is 17.2. The Bertz CT molecular complexity index is 1110. The molecule has 5 nitrogen and oxygen atoms in total. The lowest BCUT2D eigenvalue weighted by Gasteiger charge is -2.26. The van der Waals surface area contributed by atoms with Crippen molar-refractivity contribution in [3.8, 4) is 0 Å². The summed E-state index contributed by atoms with van der Waals surface area (Å²) in [6.45, 7) is 4.08. The third kappa shape index (κ3) is 6.16. The van der Waals surface area contributed by atoms with Crippen LogP contribution in [0.4, 0.5) is 18.9 Å². The summed E-state index contributed by atoms with van der Waals surface area (Å²) in [6.07, 6.45) is -0.275. The molecule has 2 N–H and O–H groups in total. The topological polar surface area (TPSA) is 64.9 Å². The molecule has 192 valence electrons. The van der Waals surface area contributed by atoms with Gasteiger partial charge in [0.25, 0.3) is 0 Å². The van der Waals surface area contributed by atoms with Gasteiger partial charge in [-0.25, -0.2) is 0 Å². The Hall–Kier alpha value is -3.13. The molecule has 0 saturated heterocycles. The van der Waals surface area contributed by atoms with Crippen LogP contribution in [-0.4, -0.2) is 42.6 Å². The summed E-state index contributed by atoms with van der Waals surface area (Å²) in [4.78, 5) is 20.2. The second kappa shape index (κ2) is 10.9. The number of hydrogen-bond acceptors (Lipinski definition) is 4. The maximum atomic E-state index is 13.4. The number of anilines is 1. The van der Waals surface area contributed by atoms with E-state index in [1.165, 1.54) is 12.1 Å². The van der Waals surface area contributed by atoms with E-state index in [4.69, 9.17) is 4.99 Å². The Morgan fingerprint density at radius 2 is 1.92 bits per heavy atom. The van der Waals surface area contributed by atoms with Gasteiger partial charge in [0.15, 0.2) is 0 Å². The molecule has 3 atom stereocenters. The first-order valence-corrected chi connectivity index (χ1v) is 12.3. The van der Waals surface area contributed by atoms with Crippen LogP contribution in [0, 0.1) is 11.8 Å². The molecule has 1 amide bonds. The van der Waals surface area contributed by atoms with Gasteiger partial charge in [-0.1, -0.05) is 49.2 Å². The van der Waals surface area contributed by atoms with Gasteiger partial charge in [-0.15, -0.1) is 6.58 Å². The van der Waals surface area contributed by atoms with E-state index in [9.17, 15) is 23.1 Å². The molecule has 1 heterocycles. The molecule has 1 fully saturated rings. The van der Waals surface area contributed by atoms with Gasteiger partial charge in [-0.05, 0) is 43.4 Å². The molecule has 8 heteroatoms. The monoisotopic (exact) mass is 499 g/mol. The molecular formula is C28H32F3N3O2. The number of benzene rings is 2. The van der Waals surface area contributed by atoms with Crippen molar-refractivity contribution >= 4 is 17.3 Å². The quantitative estimate of drug-likeness (QED) is 0.468. The zero-order valence-electron chi connectivity index (χ0n) is 20.3. The Labute approximate surface area is 209 Å².